The summed E-state index contributed by atoms with van der Waals surface area (Å²) in [6.07, 6.45) is 3.58. The Morgan fingerprint density at radius 3 is 2.29 bits per heavy atom. The molecule has 0 aliphatic heterocycles. The molecular weight excluding hydrogens is 260 g/mol. The molecule has 1 heterocycles. The molecule has 1 N–H and O–H groups in total. The third-order valence-electron chi connectivity index (χ3n) is 3.23. The maximum Gasteiger partial charge on any atom is 0.128 e. The first-order valence-corrected chi connectivity index (χ1v) is 6.81. The number of pyridine rings is 1. The van der Waals surface area contributed by atoms with E-state index in [-0.39, 0.29) is 0 Å². The van der Waals surface area contributed by atoms with Crippen molar-refractivity contribution in [2.24, 2.45) is 0 Å². The van der Waals surface area contributed by atoms with Crippen LogP contribution in [0.2, 0.25) is 0 Å². The van der Waals surface area contributed by atoms with E-state index in [4.69, 9.17) is 4.74 Å². The highest BCUT2D eigenvalue weighted by molar-refractivity contribution is 5.64. The summed E-state index contributed by atoms with van der Waals surface area (Å²) >= 11 is 0. The molecule has 0 fully saturated rings. The van der Waals surface area contributed by atoms with E-state index in [1.54, 1.807) is 12.4 Å². The minimum absolute atomic E-state index is 0.820. The lowest BCUT2D eigenvalue weighted by atomic mass is 10.1. The van der Waals surface area contributed by atoms with Crippen LogP contribution < -0.4 is 10.1 Å². The largest absolute Gasteiger partial charge is 0.457 e. The van der Waals surface area contributed by atoms with Gasteiger partial charge in [0.15, 0.2) is 0 Å². The number of ether oxygens (including phenoxy) is 1. The van der Waals surface area contributed by atoms with Crippen LogP contribution in [-0.4, -0.2) is 12.0 Å². The van der Waals surface area contributed by atoms with E-state index in [1.807, 2.05) is 61.6 Å². The number of anilines is 1. The van der Waals surface area contributed by atoms with Gasteiger partial charge in [0.2, 0.25) is 0 Å². The van der Waals surface area contributed by atoms with E-state index in [2.05, 4.69) is 16.4 Å². The summed E-state index contributed by atoms with van der Waals surface area (Å²) in [7, 11) is 1.90. The minimum atomic E-state index is 0.820. The normalized spacial score (nSPS) is 10.1. The molecule has 3 aromatic rings. The Balaban J connectivity index is 1.83. The fourth-order valence-electron chi connectivity index (χ4n) is 2.11. The molecule has 0 aliphatic rings. The number of rotatable bonds is 4. The highest BCUT2D eigenvalue weighted by Crippen LogP contribution is 2.27. The summed E-state index contributed by atoms with van der Waals surface area (Å²) in [6.45, 7) is 0. The third-order valence-corrected chi connectivity index (χ3v) is 3.23. The lowest BCUT2D eigenvalue weighted by Gasteiger charge is -2.08. The predicted molar refractivity (Wildman–Crippen MR) is 85.7 cm³/mol. The topological polar surface area (TPSA) is 34.1 Å². The van der Waals surface area contributed by atoms with Gasteiger partial charge in [-0.05, 0) is 59.7 Å². The summed E-state index contributed by atoms with van der Waals surface area (Å²) in [4.78, 5) is 4.04. The van der Waals surface area contributed by atoms with Crippen molar-refractivity contribution in [1.29, 1.82) is 0 Å². The van der Waals surface area contributed by atoms with Gasteiger partial charge >= 0.3 is 0 Å². The molecule has 0 saturated carbocycles. The average Bonchev–Trinajstić information content (AvgIpc) is 2.57. The lowest BCUT2D eigenvalue weighted by molar-refractivity contribution is 0.483. The number of nitrogens with one attached hydrogen (secondary N) is 1. The first-order valence-electron chi connectivity index (χ1n) is 6.81. The number of aromatic nitrogens is 1. The van der Waals surface area contributed by atoms with Gasteiger partial charge in [-0.1, -0.05) is 12.1 Å². The molecule has 0 amide bonds. The van der Waals surface area contributed by atoms with Crippen molar-refractivity contribution < 1.29 is 4.74 Å². The van der Waals surface area contributed by atoms with Gasteiger partial charge in [-0.3, -0.25) is 4.98 Å². The second-order valence-corrected chi connectivity index (χ2v) is 4.64. The molecule has 0 aliphatic carbocycles. The van der Waals surface area contributed by atoms with Gasteiger partial charge < -0.3 is 10.1 Å². The summed E-state index contributed by atoms with van der Waals surface area (Å²) in [5.41, 5.74) is 3.30. The maximum atomic E-state index is 5.90. The smallest absolute Gasteiger partial charge is 0.128 e. The molecule has 3 heteroatoms. The molecule has 104 valence electrons. The maximum absolute atomic E-state index is 5.90. The van der Waals surface area contributed by atoms with Gasteiger partial charge in [-0.25, -0.2) is 0 Å². The molecule has 0 spiro atoms. The van der Waals surface area contributed by atoms with Gasteiger partial charge in [-0.15, -0.1) is 0 Å². The Morgan fingerprint density at radius 1 is 0.810 bits per heavy atom. The summed E-state index contributed by atoms with van der Waals surface area (Å²) < 4.78 is 5.90. The highest BCUT2D eigenvalue weighted by Gasteiger charge is 2.01. The first-order chi connectivity index (χ1) is 10.3. The predicted octanol–water partition coefficient (Wildman–Crippen LogP) is 4.58. The van der Waals surface area contributed by atoms with Crippen LogP contribution in [0.1, 0.15) is 0 Å². The monoisotopic (exact) mass is 276 g/mol. The molecule has 21 heavy (non-hydrogen) atoms. The molecule has 0 saturated heterocycles. The van der Waals surface area contributed by atoms with Crippen LogP contribution in [0.4, 0.5) is 5.69 Å². The second-order valence-electron chi connectivity index (χ2n) is 4.64. The van der Waals surface area contributed by atoms with Gasteiger partial charge in [0.25, 0.3) is 0 Å². The lowest BCUT2D eigenvalue weighted by Crippen LogP contribution is -1.88. The summed E-state index contributed by atoms with van der Waals surface area (Å²) in [5, 5.41) is 3.09. The fourth-order valence-corrected chi connectivity index (χ4v) is 2.11. The van der Waals surface area contributed by atoms with Crippen LogP contribution in [0.3, 0.4) is 0 Å². The minimum Gasteiger partial charge on any atom is -0.457 e. The number of hydrogen-bond acceptors (Lipinski definition) is 3. The standard InChI is InChI=1S/C18H16N2O/c1-19-16-5-7-17(8-6-16)21-18-4-2-3-15(13-18)14-9-11-20-12-10-14/h2-13,19H,1H3. The van der Waals surface area contributed by atoms with Crippen LogP contribution >= 0.6 is 0 Å². The zero-order valence-corrected chi connectivity index (χ0v) is 11.8. The van der Waals surface area contributed by atoms with Crippen LogP contribution in [0, 0.1) is 0 Å². The van der Waals surface area contributed by atoms with E-state index in [1.165, 1.54) is 0 Å². The molecule has 3 rings (SSSR count). The molecule has 0 unspecified atom stereocenters. The fraction of sp³-hybridized carbons (Fsp3) is 0.0556. The Kier molecular flexibility index (Phi) is 3.83. The van der Waals surface area contributed by atoms with Crippen molar-refractivity contribution in [1.82, 2.24) is 4.98 Å². The Bertz CT molecular complexity index is 709. The van der Waals surface area contributed by atoms with Crippen molar-refractivity contribution in [3.05, 3.63) is 73.1 Å². The zero-order chi connectivity index (χ0) is 14.5. The van der Waals surface area contributed by atoms with Gasteiger partial charge in [0, 0.05) is 25.1 Å². The number of benzene rings is 2. The van der Waals surface area contributed by atoms with Crippen molar-refractivity contribution in [3.8, 4) is 22.6 Å². The highest BCUT2D eigenvalue weighted by atomic mass is 16.5. The molecule has 0 atom stereocenters. The van der Waals surface area contributed by atoms with E-state index in [0.29, 0.717) is 0 Å². The summed E-state index contributed by atoms with van der Waals surface area (Å²) in [5.74, 6) is 1.64. The van der Waals surface area contributed by atoms with Crippen LogP contribution in [0.5, 0.6) is 11.5 Å². The van der Waals surface area contributed by atoms with E-state index < -0.39 is 0 Å². The van der Waals surface area contributed by atoms with Crippen LogP contribution in [-0.2, 0) is 0 Å². The number of nitrogens with zero attached hydrogens (tertiary/aromatic N) is 1. The van der Waals surface area contributed by atoms with E-state index in [9.17, 15) is 0 Å². The second kappa shape index (κ2) is 6.09. The van der Waals surface area contributed by atoms with Gasteiger partial charge in [0.05, 0.1) is 0 Å². The van der Waals surface area contributed by atoms with E-state index >= 15 is 0 Å². The quantitative estimate of drug-likeness (QED) is 0.757. The zero-order valence-electron chi connectivity index (χ0n) is 11.8. The Hall–Kier alpha value is -2.81. The molecular formula is C18H16N2O. The van der Waals surface area contributed by atoms with Crippen LogP contribution in [0.15, 0.2) is 73.1 Å². The first kappa shape index (κ1) is 13.2. The molecule has 0 radical (unpaired) electrons. The van der Waals surface area contributed by atoms with Gasteiger partial charge in [0.1, 0.15) is 11.5 Å². The average molecular weight is 276 g/mol. The Morgan fingerprint density at radius 2 is 1.57 bits per heavy atom. The third kappa shape index (κ3) is 3.20. The number of hydrogen-bond donors (Lipinski definition) is 1. The molecule has 1 aromatic heterocycles. The molecule has 3 nitrogen and oxygen atoms in total. The van der Waals surface area contributed by atoms with Crippen LogP contribution in [0.25, 0.3) is 11.1 Å². The van der Waals surface area contributed by atoms with Crippen molar-refractivity contribution in [2.75, 3.05) is 12.4 Å². The Labute approximate surface area is 124 Å². The van der Waals surface area contributed by atoms with Crippen molar-refractivity contribution >= 4 is 5.69 Å². The van der Waals surface area contributed by atoms with Crippen molar-refractivity contribution in [2.45, 2.75) is 0 Å². The SMILES string of the molecule is CNc1ccc(Oc2cccc(-c3ccncc3)c2)cc1. The van der Waals surface area contributed by atoms with Crippen molar-refractivity contribution in [3.63, 3.8) is 0 Å². The van der Waals surface area contributed by atoms with Gasteiger partial charge in [-0.2, -0.15) is 0 Å². The summed E-state index contributed by atoms with van der Waals surface area (Å²) in [6, 6.07) is 19.9. The molecule has 0 bridgehead atoms. The van der Waals surface area contributed by atoms with E-state index in [0.717, 1.165) is 28.3 Å². The molecule has 2 aromatic carbocycles.